The van der Waals surface area contributed by atoms with E-state index in [1.165, 1.54) is 5.56 Å². The van der Waals surface area contributed by atoms with E-state index >= 15 is 0 Å². The SMILES string of the molecule is O=C(c1ccccc1)N1CC[C@H](O)[C@@](O)(CNCCc2ccccc2)C1. The second-order valence-electron chi connectivity index (χ2n) is 6.91. The van der Waals surface area contributed by atoms with E-state index in [0.29, 0.717) is 25.1 Å². The fourth-order valence-corrected chi connectivity index (χ4v) is 3.35. The van der Waals surface area contributed by atoms with Crippen molar-refractivity contribution in [2.24, 2.45) is 0 Å². The maximum atomic E-state index is 12.6. The Morgan fingerprint density at radius 1 is 1.12 bits per heavy atom. The van der Waals surface area contributed by atoms with Crippen LogP contribution in [0.25, 0.3) is 0 Å². The van der Waals surface area contributed by atoms with Gasteiger partial charge in [-0.3, -0.25) is 4.79 Å². The molecule has 26 heavy (non-hydrogen) atoms. The van der Waals surface area contributed by atoms with Gasteiger partial charge in [-0.2, -0.15) is 0 Å². The molecule has 0 bridgehead atoms. The van der Waals surface area contributed by atoms with Gasteiger partial charge in [0.05, 0.1) is 12.6 Å². The van der Waals surface area contributed by atoms with Gasteiger partial charge in [0.15, 0.2) is 0 Å². The number of benzene rings is 2. The Kier molecular flexibility index (Phi) is 6.04. The zero-order valence-electron chi connectivity index (χ0n) is 14.8. The molecule has 1 saturated heterocycles. The van der Waals surface area contributed by atoms with Crippen molar-refractivity contribution in [1.29, 1.82) is 0 Å². The molecule has 2 aromatic carbocycles. The molecule has 5 heteroatoms. The topological polar surface area (TPSA) is 72.8 Å². The maximum Gasteiger partial charge on any atom is 0.253 e. The number of β-amino-alcohol motifs (C(OH)–C–C–N with tert-alkyl or cyclic N) is 1. The number of hydrogen-bond donors (Lipinski definition) is 3. The van der Waals surface area contributed by atoms with Crippen LogP contribution in [0.15, 0.2) is 60.7 Å². The Hall–Kier alpha value is -2.21. The van der Waals surface area contributed by atoms with Gasteiger partial charge >= 0.3 is 0 Å². The van der Waals surface area contributed by atoms with Crippen LogP contribution in [0.3, 0.4) is 0 Å². The molecule has 0 aliphatic carbocycles. The molecule has 0 saturated carbocycles. The normalized spacial score (nSPS) is 23.0. The molecule has 0 unspecified atom stereocenters. The molecule has 138 valence electrons. The van der Waals surface area contributed by atoms with Gasteiger partial charge in [0.2, 0.25) is 0 Å². The van der Waals surface area contributed by atoms with E-state index in [4.69, 9.17) is 0 Å². The van der Waals surface area contributed by atoms with Gasteiger partial charge in [0.1, 0.15) is 5.60 Å². The monoisotopic (exact) mass is 354 g/mol. The molecular formula is C21H26N2O3. The van der Waals surface area contributed by atoms with Crippen LogP contribution < -0.4 is 5.32 Å². The third-order valence-electron chi connectivity index (χ3n) is 4.93. The molecule has 1 amide bonds. The summed E-state index contributed by atoms with van der Waals surface area (Å²) in [6.45, 7) is 1.52. The van der Waals surface area contributed by atoms with E-state index in [9.17, 15) is 15.0 Å². The van der Waals surface area contributed by atoms with Crippen LogP contribution in [0.5, 0.6) is 0 Å². The van der Waals surface area contributed by atoms with Crippen molar-refractivity contribution in [1.82, 2.24) is 10.2 Å². The van der Waals surface area contributed by atoms with Crippen molar-refractivity contribution in [3.63, 3.8) is 0 Å². The van der Waals surface area contributed by atoms with Gasteiger partial charge in [0.25, 0.3) is 5.91 Å². The number of carbonyl (C=O) groups is 1. The molecule has 3 N–H and O–H groups in total. The lowest BCUT2D eigenvalue weighted by molar-refractivity contribution is -0.111. The highest BCUT2D eigenvalue weighted by Gasteiger charge is 2.42. The van der Waals surface area contributed by atoms with E-state index in [0.717, 1.165) is 6.42 Å². The van der Waals surface area contributed by atoms with E-state index < -0.39 is 11.7 Å². The summed E-state index contributed by atoms with van der Waals surface area (Å²) in [6, 6.07) is 19.2. The largest absolute Gasteiger partial charge is 0.390 e. The predicted molar refractivity (Wildman–Crippen MR) is 101 cm³/mol. The minimum atomic E-state index is -1.33. The first-order valence-electron chi connectivity index (χ1n) is 9.08. The predicted octanol–water partition coefficient (Wildman–Crippen LogP) is 1.46. The zero-order chi connectivity index (χ0) is 18.4. The molecule has 1 aliphatic heterocycles. The van der Waals surface area contributed by atoms with Crippen molar-refractivity contribution < 1.29 is 15.0 Å². The van der Waals surface area contributed by atoms with E-state index in [1.807, 2.05) is 36.4 Å². The Balaban J connectivity index is 1.55. The summed E-state index contributed by atoms with van der Waals surface area (Å²) in [4.78, 5) is 14.2. The first kappa shape index (κ1) is 18.6. The van der Waals surface area contributed by atoms with Crippen LogP contribution >= 0.6 is 0 Å². The summed E-state index contributed by atoms with van der Waals surface area (Å²) < 4.78 is 0. The van der Waals surface area contributed by atoms with Crippen LogP contribution in [-0.4, -0.2) is 58.9 Å². The molecule has 2 aromatic rings. The van der Waals surface area contributed by atoms with E-state index in [-0.39, 0.29) is 19.0 Å². The highest BCUT2D eigenvalue weighted by Crippen LogP contribution is 2.23. The minimum absolute atomic E-state index is 0.111. The number of amides is 1. The number of nitrogens with zero attached hydrogens (tertiary/aromatic N) is 1. The standard InChI is InChI=1S/C21H26N2O3/c24-19-12-14-23(20(25)18-9-5-2-6-10-18)16-21(19,26)15-22-13-11-17-7-3-1-4-8-17/h1-10,19,22,24,26H,11-16H2/t19-,21+/m0/s1. The zero-order valence-corrected chi connectivity index (χ0v) is 14.8. The van der Waals surface area contributed by atoms with Crippen LogP contribution in [0.4, 0.5) is 0 Å². The molecule has 1 heterocycles. The molecule has 0 spiro atoms. The van der Waals surface area contributed by atoms with Gasteiger partial charge in [-0.05, 0) is 37.1 Å². The van der Waals surface area contributed by atoms with Gasteiger partial charge in [0, 0.05) is 18.7 Å². The quantitative estimate of drug-likeness (QED) is 0.687. The molecule has 1 aliphatic rings. The number of likely N-dealkylation sites (tertiary alicyclic amines) is 1. The Labute approximate surface area is 154 Å². The van der Waals surface area contributed by atoms with Crippen LogP contribution in [0.2, 0.25) is 0 Å². The summed E-state index contributed by atoms with van der Waals surface area (Å²) in [5.41, 5.74) is 0.486. The molecular weight excluding hydrogens is 328 g/mol. The summed E-state index contributed by atoms with van der Waals surface area (Å²) in [5, 5.41) is 24.4. The van der Waals surface area contributed by atoms with Gasteiger partial charge in [-0.25, -0.2) is 0 Å². The molecule has 0 radical (unpaired) electrons. The van der Waals surface area contributed by atoms with Crippen LogP contribution in [0, 0.1) is 0 Å². The Morgan fingerprint density at radius 3 is 2.46 bits per heavy atom. The number of carbonyl (C=O) groups excluding carboxylic acids is 1. The van der Waals surface area contributed by atoms with Crippen molar-refractivity contribution in [2.75, 3.05) is 26.2 Å². The molecule has 2 atom stereocenters. The smallest absolute Gasteiger partial charge is 0.253 e. The minimum Gasteiger partial charge on any atom is -0.390 e. The third kappa shape index (κ3) is 4.49. The van der Waals surface area contributed by atoms with Crippen molar-refractivity contribution >= 4 is 5.91 Å². The Morgan fingerprint density at radius 2 is 1.77 bits per heavy atom. The lowest BCUT2D eigenvalue weighted by Gasteiger charge is -2.42. The highest BCUT2D eigenvalue weighted by atomic mass is 16.3. The molecule has 3 rings (SSSR count). The van der Waals surface area contributed by atoms with E-state index in [1.54, 1.807) is 17.0 Å². The average Bonchev–Trinajstić information content (AvgIpc) is 2.68. The van der Waals surface area contributed by atoms with Gasteiger partial charge < -0.3 is 20.4 Å². The summed E-state index contributed by atoms with van der Waals surface area (Å²) in [7, 11) is 0. The second kappa shape index (κ2) is 8.45. The summed E-state index contributed by atoms with van der Waals surface area (Å²) >= 11 is 0. The number of piperidine rings is 1. The van der Waals surface area contributed by atoms with Crippen LogP contribution in [-0.2, 0) is 6.42 Å². The molecule has 1 fully saturated rings. The number of aliphatic hydroxyl groups excluding tert-OH is 1. The first-order chi connectivity index (χ1) is 12.6. The van der Waals surface area contributed by atoms with Gasteiger partial charge in [-0.1, -0.05) is 48.5 Å². The van der Waals surface area contributed by atoms with Gasteiger partial charge in [-0.15, -0.1) is 0 Å². The Bertz CT molecular complexity index is 708. The number of hydrogen-bond acceptors (Lipinski definition) is 4. The van der Waals surface area contributed by atoms with Crippen LogP contribution in [0.1, 0.15) is 22.3 Å². The summed E-state index contributed by atoms with van der Waals surface area (Å²) in [6.07, 6.45) is 0.376. The molecule has 5 nitrogen and oxygen atoms in total. The highest BCUT2D eigenvalue weighted by molar-refractivity contribution is 5.94. The number of rotatable bonds is 6. The fraction of sp³-hybridized carbons (Fsp3) is 0.381. The third-order valence-corrected chi connectivity index (χ3v) is 4.93. The lowest BCUT2D eigenvalue weighted by Crippen LogP contribution is -2.62. The van der Waals surface area contributed by atoms with Crippen molar-refractivity contribution in [3.8, 4) is 0 Å². The van der Waals surface area contributed by atoms with Crippen molar-refractivity contribution in [3.05, 3.63) is 71.8 Å². The first-order valence-corrected chi connectivity index (χ1v) is 9.08. The average molecular weight is 354 g/mol. The fourth-order valence-electron chi connectivity index (χ4n) is 3.35. The molecule has 0 aromatic heterocycles. The number of aliphatic hydroxyl groups is 2. The summed E-state index contributed by atoms with van der Waals surface area (Å²) in [5.74, 6) is -0.111. The van der Waals surface area contributed by atoms with E-state index in [2.05, 4.69) is 17.4 Å². The second-order valence-corrected chi connectivity index (χ2v) is 6.91. The van der Waals surface area contributed by atoms with Crippen molar-refractivity contribution in [2.45, 2.75) is 24.5 Å². The number of nitrogens with one attached hydrogen (secondary N) is 1. The maximum absolute atomic E-state index is 12.6. The lowest BCUT2D eigenvalue weighted by atomic mass is 9.89.